The summed E-state index contributed by atoms with van der Waals surface area (Å²) < 4.78 is 12.6. The van der Waals surface area contributed by atoms with Gasteiger partial charge in [0, 0.05) is 29.3 Å². The minimum atomic E-state index is -0.462. The average molecular weight is 403 g/mol. The number of nitrogens with one attached hydrogen (secondary N) is 1. The number of rotatable bonds is 4. The number of ketones is 1. The van der Waals surface area contributed by atoms with Gasteiger partial charge < -0.3 is 14.8 Å². The molecule has 0 radical (unpaired) electrons. The first-order chi connectivity index (χ1) is 14.7. The maximum atomic E-state index is 13.4. The second-order valence-electron chi connectivity index (χ2n) is 7.41. The number of nitrogens with zero attached hydrogens (tertiary/aromatic N) is 4. The molecule has 2 heterocycles. The van der Waals surface area contributed by atoms with E-state index >= 15 is 0 Å². The third kappa shape index (κ3) is 2.92. The topological polar surface area (TPSA) is 91.2 Å². The lowest BCUT2D eigenvalue weighted by atomic mass is 9.78. The molecule has 5 rings (SSSR count). The van der Waals surface area contributed by atoms with Crippen LogP contribution in [0.4, 0.5) is 5.95 Å². The minimum Gasteiger partial charge on any atom is -0.497 e. The number of methoxy groups -OCH3 is 2. The highest BCUT2D eigenvalue weighted by atomic mass is 16.5. The number of hydrogen-bond donors (Lipinski definition) is 1. The van der Waals surface area contributed by atoms with Gasteiger partial charge in [-0.15, -0.1) is 0 Å². The van der Waals surface area contributed by atoms with Crippen LogP contribution in [-0.2, 0) is 4.79 Å². The first kappa shape index (κ1) is 18.4. The molecule has 0 saturated carbocycles. The Kier molecular flexibility index (Phi) is 4.46. The SMILES string of the molecule is COc1ccc([C@H]2C3=C(C[C@H](c4ccccc4)CC3=O)Nc3nnnn32)c(OC)c1. The molecule has 0 bridgehead atoms. The second kappa shape index (κ2) is 7.29. The van der Waals surface area contributed by atoms with E-state index in [1.165, 1.54) is 0 Å². The first-order valence-corrected chi connectivity index (χ1v) is 9.77. The molecular formula is C22H21N5O3. The van der Waals surface area contributed by atoms with Gasteiger partial charge in [0.2, 0.25) is 5.95 Å². The van der Waals surface area contributed by atoms with E-state index in [1.54, 1.807) is 18.9 Å². The van der Waals surface area contributed by atoms with Gasteiger partial charge in [0.15, 0.2) is 5.78 Å². The van der Waals surface area contributed by atoms with E-state index in [2.05, 4.69) is 33.0 Å². The molecule has 3 aromatic rings. The summed E-state index contributed by atoms with van der Waals surface area (Å²) >= 11 is 0. The molecule has 0 spiro atoms. The molecule has 0 amide bonds. The summed E-state index contributed by atoms with van der Waals surface area (Å²) in [5, 5.41) is 15.4. The number of tetrazole rings is 1. The Labute approximate surface area is 173 Å². The lowest BCUT2D eigenvalue weighted by Crippen LogP contribution is -2.33. The van der Waals surface area contributed by atoms with Gasteiger partial charge in [-0.1, -0.05) is 35.4 Å². The van der Waals surface area contributed by atoms with Crippen LogP contribution in [0.3, 0.4) is 0 Å². The van der Waals surface area contributed by atoms with E-state index in [1.807, 2.05) is 36.4 Å². The molecule has 1 aliphatic carbocycles. The summed E-state index contributed by atoms with van der Waals surface area (Å²) in [6, 6.07) is 15.2. The van der Waals surface area contributed by atoms with E-state index in [0.29, 0.717) is 35.9 Å². The number of hydrogen-bond acceptors (Lipinski definition) is 7. The van der Waals surface area contributed by atoms with E-state index in [9.17, 15) is 4.79 Å². The molecule has 1 N–H and O–H groups in total. The van der Waals surface area contributed by atoms with E-state index in [-0.39, 0.29) is 11.7 Å². The van der Waals surface area contributed by atoms with Crippen LogP contribution in [0.1, 0.15) is 35.9 Å². The molecule has 0 unspecified atom stereocenters. The normalized spacial score (nSPS) is 20.3. The zero-order valence-corrected chi connectivity index (χ0v) is 16.7. The second-order valence-corrected chi connectivity index (χ2v) is 7.41. The maximum Gasteiger partial charge on any atom is 0.248 e. The summed E-state index contributed by atoms with van der Waals surface area (Å²) in [7, 11) is 3.21. The number of ether oxygens (including phenoxy) is 2. The fraction of sp³-hybridized carbons (Fsp3) is 0.273. The van der Waals surface area contributed by atoms with Crippen molar-refractivity contribution in [2.75, 3.05) is 19.5 Å². The Morgan fingerprint density at radius 1 is 1.07 bits per heavy atom. The number of carbonyl (C=O) groups is 1. The van der Waals surface area contributed by atoms with Crippen molar-refractivity contribution in [3.05, 3.63) is 70.9 Å². The molecule has 152 valence electrons. The number of anilines is 1. The Hall–Kier alpha value is -3.68. The Morgan fingerprint density at radius 2 is 1.90 bits per heavy atom. The van der Waals surface area contributed by atoms with Crippen LogP contribution in [0.5, 0.6) is 11.5 Å². The summed E-state index contributed by atoms with van der Waals surface area (Å²) in [4.78, 5) is 13.4. The predicted molar refractivity (Wildman–Crippen MR) is 110 cm³/mol. The largest absolute Gasteiger partial charge is 0.497 e. The third-order valence-corrected chi connectivity index (χ3v) is 5.79. The first-order valence-electron chi connectivity index (χ1n) is 9.77. The van der Waals surface area contributed by atoms with Crippen LogP contribution in [0.2, 0.25) is 0 Å². The van der Waals surface area contributed by atoms with Gasteiger partial charge in [0.05, 0.1) is 14.2 Å². The average Bonchev–Trinajstić information content (AvgIpc) is 3.26. The minimum absolute atomic E-state index is 0.0848. The van der Waals surface area contributed by atoms with Crippen molar-refractivity contribution >= 4 is 11.7 Å². The number of benzene rings is 2. The fourth-order valence-corrected chi connectivity index (χ4v) is 4.37. The van der Waals surface area contributed by atoms with Crippen LogP contribution in [0, 0.1) is 0 Å². The van der Waals surface area contributed by atoms with Gasteiger partial charge in [0.25, 0.3) is 0 Å². The van der Waals surface area contributed by atoms with Gasteiger partial charge in [-0.3, -0.25) is 4.79 Å². The Morgan fingerprint density at radius 3 is 2.67 bits per heavy atom. The monoisotopic (exact) mass is 403 g/mol. The lowest BCUT2D eigenvalue weighted by molar-refractivity contribution is -0.116. The number of fused-ring (bicyclic) bond motifs is 1. The zero-order chi connectivity index (χ0) is 20.7. The molecule has 30 heavy (non-hydrogen) atoms. The van der Waals surface area contributed by atoms with E-state index in [4.69, 9.17) is 9.47 Å². The zero-order valence-electron chi connectivity index (χ0n) is 16.7. The quantitative estimate of drug-likeness (QED) is 0.716. The maximum absolute atomic E-state index is 13.4. The number of carbonyl (C=O) groups excluding carboxylic acids is 1. The molecule has 1 aliphatic heterocycles. The van der Waals surface area contributed by atoms with Crippen molar-refractivity contribution in [3.63, 3.8) is 0 Å². The van der Waals surface area contributed by atoms with Crippen LogP contribution >= 0.6 is 0 Å². The summed E-state index contributed by atoms with van der Waals surface area (Å²) in [5.74, 6) is 2.01. The molecular weight excluding hydrogens is 382 g/mol. The molecule has 2 aliphatic rings. The molecule has 0 fully saturated rings. The van der Waals surface area contributed by atoms with Crippen LogP contribution in [0.25, 0.3) is 0 Å². The molecule has 8 nitrogen and oxygen atoms in total. The van der Waals surface area contributed by atoms with Crippen LogP contribution in [-0.4, -0.2) is 40.2 Å². The standard InChI is InChI=1S/C22H21N5O3/c1-29-15-8-9-16(19(12-15)30-2)21-20-17(23-22-24-25-26-27(21)22)10-14(11-18(20)28)13-6-4-3-5-7-13/h3-9,12,14,21H,10-11H2,1-2H3,(H,23,24,26)/t14-,21-/m0/s1. The summed E-state index contributed by atoms with van der Waals surface area (Å²) in [6.07, 6.45) is 1.16. The van der Waals surface area contributed by atoms with E-state index < -0.39 is 6.04 Å². The van der Waals surface area contributed by atoms with Gasteiger partial charge in [0.1, 0.15) is 17.5 Å². The number of aromatic nitrogens is 4. The van der Waals surface area contributed by atoms with Crippen molar-refractivity contribution in [1.29, 1.82) is 0 Å². The molecule has 1 aromatic heterocycles. The van der Waals surface area contributed by atoms with Crippen molar-refractivity contribution in [1.82, 2.24) is 20.2 Å². The Balaban J connectivity index is 1.63. The van der Waals surface area contributed by atoms with Crippen LogP contribution < -0.4 is 14.8 Å². The lowest BCUT2D eigenvalue weighted by Gasteiger charge is -2.35. The highest BCUT2D eigenvalue weighted by Crippen LogP contribution is 2.45. The van der Waals surface area contributed by atoms with Crippen LogP contribution in [0.15, 0.2) is 59.8 Å². The number of Topliss-reactive ketones (excluding diaryl/α,β-unsaturated/α-hetero) is 1. The number of allylic oxidation sites excluding steroid dienone is 2. The molecule has 2 aromatic carbocycles. The van der Waals surface area contributed by atoms with E-state index in [0.717, 1.165) is 16.8 Å². The Bertz CT molecular complexity index is 1140. The fourth-order valence-electron chi connectivity index (χ4n) is 4.37. The van der Waals surface area contributed by atoms with Crippen molar-refractivity contribution in [3.8, 4) is 11.5 Å². The van der Waals surface area contributed by atoms with Crippen molar-refractivity contribution < 1.29 is 14.3 Å². The molecule has 0 saturated heterocycles. The highest BCUT2D eigenvalue weighted by molar-refractivity contribution is 6.00. The summed E-state index contributed by atoms with van der Waals surface area (Å²) in [5.41, 5.74) is 3.52. The smallest absolute Gasteiger partial charge is 0.248 e. The molecule has 2 atom stereocenters. The highest BCUT2D eigenvalue weighted by Gasteiger charge is 2.40. The van der Waals surface area contributed by atoms with Gasteiger partial charge >= 0.3 is 0 Å². The van der Waals surface area contributed by atoms with Crippen molar-refractivity contribution in [2.24, 2.45) is 0 Å². The molecule has 8 heteroatoms. The van der Waals surface area contributed by atoms with Crippen molar-refractivity contribution in [2.45, 2.75) is 24.8 Å². The van der Waals surface area contributed by atoms with Gasteiger partial charge in [-0.2, -0.15) is 4.68 Å². The summed E-state index contributed by atoms with van der Waals surface area (Å²) in [6.45, 7) is 0. The predicted octanol–water partition coefficient (Wildman–Crippen LogP) is 3.11. The van der Waals surface area contributed by atoms with Gasteiger partial charge in [-0.25, -0.2) is 0 Å². The van der Waals surface area contributed by atoms with Gasteiger partial charge in [-0.05, 0) is 40.5 Å². The third-order valence-electron chi connectivity index (χ3n) is 5.79.